The second kappa shape index (κ2) is 7.75. The summed E-state index contributed by atoms with van der Waals surface area (Å²) in [4.78, 5) is 4.47. The van der Waals surface area contributed by atoms with Crippen molar-refractivity contribution in [2.45, 2.75) is 30.0 Å². The number of aliphatic imine (C=N–C) groups is 1. The molecule has 1 aromatic heterocycles. The minimum absolute atomic E-state index is 0.0518. The molecule has 1 unspecified atom stereocenters. The highest BCUT2D eigenvalue weighted by Gasteiger charge is 2.28. The van der Waals surface area contributed by atoms with Gasteiger partial charge in [0.05, 0.1) is 6.04 Å². The van der Waals surface area contributed by atoms with Gasteiger partial charge in [-0.1, -0.05) is 17.8 Å². The molecule has 1 aliphatic heterocycles. The predicted octanol–water partition coefficient (Wildman–Crippen LogP) is 0.520. The third kappa shape index (κ3) is 4.03. The van der Waals surface area contributed by atoms with Gasteiger partial charge in [0.2, 0.25) is 0 Å². The van der Waals surface area contributed by atoms with Crippen LogP contribution in [0.15, 0.2) is 32.8 Å². The molecular formula is C15H17FN6O4S2. The first-order valence-corrected chi connectivity index (χ1v) is 10.9. The van der Waals surface area contributed by atoms with Crippen LogP contribution in [0.4, 0.5) is 4.39 Å². The van der Waals surface area contributed by atoms with E-state index in [-0.39, 0.29) is 36.0 Å². The van der Waals surface area contributed by atoms with Gasteiger partial charge in [0.25, 0.3) is 10.2 Å². The zero-order valence-electron chi connectivity index (χ0n) is 14.4. The highest BCUT2D eigenvalue weighted by molar-refractivity contribution is 7.99. The Hall–Kier alpha value is -2.06. The molecular weight excluding hydrogens is 411 g/mol. The number of rotatable bonds is 5. The molecule has 2 heterocycles. The number of hydrogen-bond acceptors (Lipinski definition) is 8. The quantitative estimate of drug-likeness (QED) is 0.234. The van der Waals surface area contributed by atoms with Gasteiger partial charge in [0.15, 0.2) is 16.6 Å². The number of nitrogens with zero attached hydrogens (tertiary/aromatic N) is 3. The van der Waals surface area contributed by atoms with E-state index in [1.807, 2.05) is 5.48 Å². The van der Waals surface area contributed by atoms with Crippen LogP contribution in [0.3, 0.4) is 0 Å². The van der Waals surface area contributed by atoms with Gasteiger partial charge in [-0.25, -0.2) is 13.7 Å². The number of amidine groups is 1. The summed E-state index contributed by atoms with van der Waals surface area (Å²) >= 11 is 1.22. The van der Waals surface area contributed by atoms with Gasteiger partial charge in [-0.3, -0.25) is 15.7 Å². The summed E-state index contributed by atoms with van der Waals surface area (Å²) in [5.74, 6) is 0.0891. The van der Waals surface area contributed by atoms with Crippen molar-refractivity contribution < 1.29 is 22.6 Å². The average Bonchev–Trinajstić information content (AvgIpc) is 3.36. The summed E-state index contributed by atoms with van der Waals surface area (Å²) in [6.07, 6.45) is 1.43. The molecule has 2 aliphatic rings. The Morgan fingerprint density at radius 3 is 3.07 bits per heavy atom. The van der Waals surface area contributed by atoms with Gasteiger partial charge in [0.1, 0.15) is 5.82 Å². The lowest BCUT2D eigenvalue weighted by molar-refractivity contribution is 0.233. The van der Waals surface area contributed by atoms with Crippen molar-refractivity contribution in [2.75, 3.05) is 12.3 Å². The number of thioether (sulfide) groups is 1. The van der Waals surface area contributed by atoms with Crippen molar-refractivity contribution in [3.8, 4) is 0 Å². The lowest BCUT2D eigenvalue weighted by atomic mass is 10.1. The largest absolute Gasteiger partial charge is 0.290 e. The summed E-state index contributed by atoms with van der Waals surface area (Å²) < 4.78 is 45.9. The van der Waals surface area contributed by atoms with E-state index >= 15 is 0 Å². The van der Waals surface area contributed by atoms with Crippen molar-refractivity contribution in [1.82, 2.24) is 25.2 Å². The van der Waals surface area contributed by atoms with Gasteiger partial charge in [-0.05, 0) is 46.4 Å². The molecule has 0 radical (unpaired) electrons. The molecule has 1 fully saturated rings. The van der Waals surface area contributed by atoms with Crippen molar-refractivity contribution in [3.05, 3.63) is 40.8 Å². The predicted molar refractivity (Wildman–Crippen MR) is 97.8 cm³/mol. The molecule has 0 bridgehead atoms. The maximum atomic E-state index is 13.6. The third-order valence-electron chi connectivity index (χ3n) is 4.49. The molecule has 4 N–H and O–H groups in total. The van der Waals surface area contributed by atoms with Crippen LogP contribution >= 0.6 is 11.8 Å². The van der Waals surface area contributed by atoms with Gasteiger partial charge in [-0.2, -0.15) is 13.1 Å². The molecule has 0 amide bonds. The molecule has 4 rings (SSSR count). The zero-order valence-corrected chi connectivity index (χ0v) is 16.1. The Morgan fingerprint density at radius 2 is 2.32 bits per heavy atom. The van der Waals surface area contributed by atoms with E-state index in [4.69, 9.17) is 4.63 Å². The second-order valence-corrected chi connectivity index (χ2v) is 8.92. The second-order valence-electron chi connectivity index (χ2n) is 6.38. The molecule has 1 saturated heterocycles. The molecule has 150 valence electrons. The SMILES string of the molecule is O=S1(=O)NC[C@H](CSc2nonc2C(=NC2CCc3ccc(F)cc32)NO)N1. The molecule has 13 heteroatoms. The van der Waals surface area contributed by atoms with Crippen LogP contribution < -0.4 is 14.9 Å². The van der Waals surface area contributed by atoms with Crippen molar-refractivity contribution in [2.24, 2.45) is 4.99 Å². The molecule has 28 heavy (non-hydrogen) atoms. The summed E-state index contributed by atoms with van der Waals surface area (Å²) in [5.41, 5.74) is 4.00. The Labute approximate surface area is 164 Å². The summed E-state index contributed by atoms with van der Waals surface area (Å²) in [5, 5.41) is 17.5. The molecule has 2 atom stereocenters. The summed E-state index contributed by atoms with van der Waals surface area (Å²) in [6.45, 7) is 0.263. The molecule has 1 aliphatic carbocycles. The Balaban J connectivity index is 1.52. The van der Waals surface area contributed by atoms with Crippen LogP contribution in [0.5, 0.6) is 0 Å². The summed E-state index contributed by atoms with van der Waals surface area (Å²) in [6, 6.07) is 3.95. The van der Waals surface area contributed by atoms with Crippen LogP contribution in [0.2, 0.25) is 0 Å². The van der Waals surface area contributed by atoms with Crippen molar-refractivity contribution >= 4 is 27.8 Å². The van der Waals surface area contributed by atoms with Crippen molar-refractivity contribution in [1.29, 1.82) is 0 Å². The lowest BCUT2D eigenvalue weighted by Crippen LogP contribution is -2.29. The van der Waals surface area contributed by atoms with Crippen LogP contribution in [-0.2, 0) is 16.6 Å². The Bertz CT molecular complexity index is 1010. The van der Waals surface area contributed by atoms with E-state index in [9.17, 15) is 18.0 Å². The standard InChI is InChI=1S/C15H17FN6O4S2/c16-9-3-1-8-2-4-12(11(8)5-9)18-14(19-23)13-15(21-26-20-13)27-7-10-6-17-28(24,25)22-10/h1,3,5,10,12,17,22-23H,2,4,6-7H2,(H,18,19)/t10-,12?/m1/s1. The lowest BCUT2D eigenvalue weighted by Gasteiger charge is -2.10. The maximum Gasteiger partial charge on any atom is 0.277 e. The topological polar surface area (TPSA) is 142 Å². The van der Waals surface area contributed by atoms with Gasteiger partial charge in [0, 0.05) is 18.3 Å². The maximum absolute atomic E-state index is 13.6. The first-order chi connectivity index (χ1) is 13.4. The zero-order chi connectivity index (χ0) is 19.7. The van der Waals surface area contributed by atoms with E-state index in [1.54, 1.807) is 6.07 Å². The number of hydrogen-bond donors (Lipinski definition) is 4. The monoisotopic (exact) mass is 428 g/mol. The van der Waals surface area contributed by atoms with Crippen LogP contribution in [0.1, 0.15) is 29.3 Å². The van der Waals surface area contributed by atoms with Crippen LogP contribution in [0.25, 0.3) is 0 Å². The van der Waals surface area contributed by atoms with Gasteiger partial charge < -0.3 is 0 Å². The molecule has 10 nitrogen and oxygen atoms in total. The number of halogens is 1. The minimum Gasteiger partial charge on any atom is -0.290 e. The van der Waals surface area contributed by atoms with Gasteiger partial charge in [-0.15, -0.1) is 0 Å². The number of aryl methyl sites for hydroxylation is 1. The van der Waals surface area contributed by atoms with E-state index in [0.717, 1.165) is 17.5 Å². The summed E-state index contributed by atoms with van der Waals surface area (Å²) in [7, 11) is -3.44. The molecule has 1 aromatic carbocycles. The fourth-order valence-corrected chi connectivity index (χ4v) is 5.32. The normalized spacial score (nSPS) is 23.7. The van der Waals surface area contributed by atoms with Crippen LogP contribution in [-0.4, -0.2) is 48.1 Å². The first-order valence-electron chi connectivity index (χ1n) is 8.44. The van der Waals surface area contributed by atoms with E-state index < -0.39 is 10.2 Å². The number of aromatic nitrogens is 2. The number of benzene rings is 1. The molecule has 0 saturated carbocycles. The highest BCUT2D eigenvalue weighted by atomic mass is 32.2. The third-order valence-corrected chi connectivity index (χ3v) is 6.79. The fourth-order valence-electron chi connectivity index (χ4n) is 3.19. The average molecular weight is 428 g/mol. The van der Waals surface area contributed by atoms with Crippen molar-refractivity contribution in [3.63, 3.8) is 0 Å². The Morgan fingerprint density at radius 1 is 1.46 bits per heavy atom. The number of fused-ring (bicyclic) bond motifs is 1. The first kappa shape index (κ1) is 19.3. The van der Waals surface area contributed by atoms with E-state index in [2.05, 4.69) is 24.7 Å². The van der Waals surface area contributed by atoms with Gasteiger partial charge >= 0.3 is 0 Å². The fraction of sp³-hybridized carbons (Fsp3) is 0.400. The van der Waals surface area contributed by atoms with Crippen LogP contribution in [0, 0.1) is 5.82 Å². The molecule has 2 aromatic rings. The molecule has 0 spiro atoms. The van der Waals surface area contributed by atoms with E-state index in [0.29, 0.717) is 17.2 Å². The van der Waals surface area contributed by atoms with E-state index in [1.165, 1.54) is 23.9 Å². The number of hydroxylamine groups is 1. The smallest absolute Gasteiger partial charge is 0.277 e. The Kier molecular flexibility index (Phi) is 5.33. The number of nitrogens with one attached hydrogen (secondary N) is 3. The highest BCUT2D eigenvalue weighted by Crippen LogP contribution is 2.35. The minimum atomic E-state index is -3.44.